The van der Waals surface area contributed by atoms with Gasteiger partial charge in [0, 0.05) is 10.6 Å². The van der Waals surface area contributed by atoms with E-state index in [1.165, 1.54) is 0 Å². The summed E-state index contributed by atoms with van der Waals surface area (Å²) in [5, 5.41) is 16.1. The van der Waals surface area contributed by atoms with Crippen LogP contribution in [0.25, 0.3) is 27.8 Å². The molecule has 0 aliphatic heterocycles. The smallest absolute Gasteiger partial charge is 0.234 e. The molecule has 0 N–H and O–H groups in total. The standard InChI is InChI=1S/C23H17ClN4O/c1-3-13-29-23-19(14-25)21(16-9-11-17(24)12-10-16)20-15(2)27-28(22(20)26-23)18-7-5-4-6-8-18/h3-12H,1,13H2,2H3. The van der Waals surface area contributed by atoms with Crippen molar-refractivity contribution in [2.45, 2.75) is 6.92 Å². The van der Waals surface area contributed by atoms with Gasteiger partial charge in [0.25, 0.3) is 0 Å². The number of hydrogen-bond donors (Lipinski definition) is 0. The Bertz CT molecular complexity index is 1240. The number of pyridine rings is 1. The van der Waals surface area contributed by atoms with E-state index in [0.717, 1.165) is 27.9 Å². The van der Waals surface area contributed by atoms with Gasteiger partial charge in [-0.2, -0.15) is 15.3 Å². The minimum atomic E-state index is 0.242. The predicted octanol–water partition coefficient (Wildman–Crippen LogP) is 5.49. The zero-order valence-electron chi connectivity index (χ0n) is 15.8. The van der Waals surface area contributed by atoms with Crippen LogP contribution in [0.3, 0.4) is 0 Å². The predicted molar refractivity (Wildman–Crippen MR) is 114 cm³/mol. The first-order chi connectivity index (χ1) is 14.1. The van der Waals surface area contributed by atoms with Crippen LogP contribution in [-0.2, 0) is 0 Å². The van der Waals surface area contributed by atoms with Crippen LogP contribution >= 0.6 is 11.6 Å². The molecule has 0 saturated heterocycles. The van der Waals surface area contributed by atoms with Crippen LogP contribution in [0.15, 0.2) is 67.3 Å². The van der Waals surface area contributed by atoms with E-state index in [-0.39, 0.29) is 12.5 Å². The topological polar surface area (TPSA) is 63.7 Å². The Balaban J connectivity index is 2.10. The zero-order chi connectivity index (χ0) is 20.4. The molecular formula is C23H17ClN4O. The fraction of sp³-hybridized carbons (Fsp3) is 0.0870. The molecular weight excluding hydrogens is 384 g/mol. The fourth-order valence-corrected chi connectivity index (χ4v) is 3.42. The number of nitriles is 1. The van der Waals surface area contributed by atoms with Crippen molar-refractivity contribution in [2.24, 2.45) is 0 Å². The van der Waals surface area contributed by atoms with Crippen molar-refractivity contribution in [3.63, 3.8) is 0 Å². The van der Waals surface area contributed by atoms with Crippen molar-refractivity contribution >= 4 is 22.6 Å². The fourth-order valence-electron chi connectivity index (χ4n) is 3.30. The minimum absolute atomic E-state index is 0.242. The molecule has 2 aromatic heterocycles. The van der Waals surface area contributed by atoms with Crippen LogP contribution in [0.1, 0.15) is 11.3 Å². The van der Waals surface area contributed by atoms with Gasteiger partial charge >= 0.3 is 0 Å². The molecule has 0 amide bonds. The molecule has 5 nitrogen and oxygen atoms in total. The van der Waals surface area contributed by atoms with E-state index in [4.69, 9.17) is 21.4 Å². The molecule has 29 heavy (non-hydrogen) atoms. The van der Waals surface area contributed by atoms with E-state index >= 15 is 0 Å². The SMILES string of the molecule is C=CCOc1nc2c(c(C)nn2-c2ccccc2)c(-c2ccc(Cl)cc2)c1C#N. The zero-order valence-corrected chi connectivity index (χ0v) is 16.5. The molecule has 2 heterocycles. The van der Waals surface area contributed by atoms with Crippen molar-refractivity contribution in [2.75, 3.05) is 6.61 Å². The number of halogens is 1. The average molecular weight is 401 g/mol. The van der Waals surface area contributed by atoms with Crippen molar-refractivity contribution in [1.29, 1.82) is 5.26 Å². The van der Waals surface area contributed by atoms with Crippen LogP contribution < -0.4 is 4.74 Å². The highest BCUT2D eigenvalue weighted by atomic mass is 35.5. The number of para-hydroxylation sites is 1. The second-order valence-corrected chi connectivity index (χ2v) is 6.85. The first-order valence-electron chi connectivity index (χ1n) is 9.02. The van der Waals surface area contributed by atoms with E-state index in [1.54, 1.807) is 22.9 Å². The summed E-state index contributed by atoms with van der Waals surface area (Å²) in [5.41, 5.74) is 4.20. The molecule has 0 aliphatic carbocycles. The Kier molecular flexibility index (Phi) is 5.03. The van der Waals surface area contributed by atoms with Crippen molar-refractivity contribution in [1.82, 2.24) is 14.8 Å². The van der Waals surface area contributed by atoms with Gasteiger partial charge in [-0.25, -0.2) is 4.68 Å². The van der Waals surface area contributed by atoms with Gasteiger partial charge in [0.1, 0.15) is 18.2 Å². The van der Waals surface area contributed by atoms with Gasteiger partial charge in [-0.3, -0.25) is 0 Å². The third kappa shape index (κ3) is 3.35. The molecule has 0 atom stereocenters. The summed E-state index contributed by atoms with van der Waals surface area (Å²) in [5.74, 6) is 0.252. The molecule has 2 aromatic carbocycles. The van der Waals surface area contributed by atoms with Gasteiger partial charge in [0.2, 0.25) is 5.88 Å². The van der Waals surface area contributed by atoms with E-state index in [1.807, 2.05) is 49.4 Å². The van der Waals surface area contributed by atoms with E-state index in [2.05, 4.69) is 17.6 Å². The van der Waals surface area contributed by atoms with E-state index < -0.39 is 0 Å². The third-order valence-electron chi connectivity index (χ3n) is 4.54. The quantitative estimate of drug-likeness (QED) is 0.416. The van der Waals surface area contributed by atoms with Crippen LogP contribution in [0.5, 0.6) is 5.88 Å². The van der Waals surface area contributed by atoms with Crippen LogP contribution in [-0.4, -0.2) is 21.4 Å². The number of rotatable bonds is 5. The van der Waals surface area contributed by atoms with Gasteiger partial charge in [-0.05, 0) is 36.8 Å². The second kappa shape index (κ2) is 7.78. The maximum Gasteiger partial charge on any atom is 0.234 e. The van der Waals surface area contributed by atoms with Gasteiger partial charge in [0.15, 0.2) is 5.65 Å². The van der Waals surface area contributed by atoms with Crippen molar-refractivity contribution < 1.29 is 4.74 Å². The Morgan fingerprint density at radius 2 is 1.90 bits per heavy atom. The maximum atomic E-state index is 9.94. The van der Waals surface area contributed by atoms with Crippen molar-refractivity contribution in [3.8, 4) is 28.8 Å². The van der Waals surface area contributed by atoms with Crippen LogP contribution in [0.4, 0.5) is 0 Å². The number of nitrogens with zero attached hydrogens (tertiary/aromatic N) is 4. The average Bonchev–Trinajstić information content (AvgIpc) is 3.08. The second-order valence-electron chi connectivity index (χ2n) is 6.42. The molecule has 0 bridgehead atoms. The highest BCUT2D eigenvalue weighted by molar-refractivity contribution is 6.30. The summed E-state index contributed by atoms with van der Waals surface area (Å²) in [7, 11) is 0. The molecule has 0 spiro atoms. The van der Waals surface area contributed by atoms with E-state index in [9.17, 15) is 5.26 Å². The molecule has 4 rings (SSSR count). The summed E-state index contributed by atoms with van der Waals surface area (Å²) < 4.78 is 7.52. The normalized spacial score (nSPS) is 10.7. The number of aromatic nitrogens is 3. The number of aryl methyl sites for hydroxylation is 1. The third-order valence-corrected chi connectivity index (χ3v) is 4.79. The Labute approximate surface area is 173 Å². The molecule has 0 fully saturated rings. The maximum absolute atomic E-state index is 9.94. The highest BCUT2D eigenvalue weighted by Crippen LogP contribution is 2.38. The number of ether oxygens (including phenoxy) is 1. The van der Waals surface area contributed by atoms with Gasteiger partial charge in [-0.1, -0.05) is 54.6 Å². The molecule has 0 unspecified atom stereocenters. The molecule has 0 radical (unpaired) electrons. The monoisotopic (exact) mass is 400 g/mol. The van der Waals surface area contributed by atoms with E-state index in [0.29, 0.717) is 16.2 Å². The lowest BCUT2D eigenvalue weighted by Gasteiger charge is -2.12. The Hall–Kier alpha value is -3.62. The number of fused-ring (bicyclic) bond motifs is 1. The molecule has 0 saturated carbocycles. The first kappa shape index (κ1) is 18.7. The highest BCUT2D eigenvalue weighted by Gasteiger charge is 2.23. The van der Waals surface area contributed by atoms with Crippen molar-refractivity contribution in [3.05, 3.63) is 83.5 Å². The number of benzene rings is 2. The molecule has 4 aromatic rings. The molecule has 0 aliphatic rings. The summed E-state index contributed by atoms with van der Waals surface area (Å²) in [6, 6.07) is 19.4. The Morgan fingerprint density at radius 1 is 1.17 bits per heavy atom. The summed E-state index contributed by atoms with van der Waals surface area (Å²) in [6.07, 6.45) is 1.62. The summed E-state index contributed by atoms with van der Waals surface area (Å²) in [6.45, 7) is 5.84. The van der Waals surface area contributed by atoms with Crippen LogP contribution in [0.2, 0.25) is 5.02 Å². The largest absolute Gasteiger partial charge is 0.472 e. The summed E-state index contributed by atoms with van der Waals surface area (Å²) >= 11 is 6.08. The minimum Gasteiger partial charge on any atom is -0.472 e. The lowest BCUT2D eigenvalue weighted by atomic mass is 9.97. The van der Waals surface area contributed by atoms with Crippen LogP contribution in [0, 0.1) is 18.3 Å². The lowest BCUT2D eigenvalue weighted by molar-refractivity contribution is 0.349. The molecule has 6 heteroatoms. The number of hydrogen-bond acceptors (Lipinski definition) is 4. The first-order valence-corrected chi connectivity index (χ1v) is 9.40. The summed E-state index contributed by atoms with van der Waals surface area (Å²) in [4.78, 5) is 4.67. The lowest BCUT2D eigenvalue weighted by Crippen LogP contribution is -2.03. The van der Waals surface area contributed by atoms with Gasteiger partial charge in [-0.15, -0.1) is 0 Å². The molecule has 142 valence electrons. The van der Waals surface area contributed by atoms with Gasteiger partial charge in [0.05, 0.1) is 16.8 Å². The van der Waals surface area contributed by atoms with Gasteiger partial charge < -0.3 is 4.74 Å². The Morgan fingerprint density at radius 3 is 2.55 bits per heavy atom.